The van der Waals surface area contributed by atoms with Crippen molar-refractivity contribution < 1.29 is 13.2 Å². The van der Waals surface area contributed by atoms with E-state index in [-0.39, 0.29) is 10.3 Å². The molecule has 5 nitrogen and oxygen atoms in total. The lowest BCUT2D eigenvalue weighted by molar-refractivity contribution is 0.0954. The minimum absolute atomic E-state index is 0.0268. The van der Waals surface area contributed by atoms with Crippen LogP contribution in [0.1, 0.15) is 61.6 Å². The van der Waals surface area contributed by atoms with Gasteiger partial charge in [0.1, 0.15) is 5.75 Å². The van der Waals surface area contributed by atoms with Gasteiger partial charge in [-0.25, -0.2) is 4.83 Å². The molecule has 0 spiro atoms. The molecule has 0 amide bonds. The Balaban J connectivity index is 1.37. The largest absolute Gasteiger partial charge is 0.497 e. The Morgan fingerprint density at radius 3 is 2.59 bits per heavy atom. The van der Waals surface area contributed by atoms with Crippen molar-refractivity contribution in [2.45, 2.75) is 63.2 Å². The quantitative estimate of drug-likeness (QED) is 0.649. The van der Waals surface area contributed by atoms with Crippen molar-refractivity contribution in [2.75, 3.05) is 7.11 Å². The van der Waals surface area contributed by atoms with Crippen molar-refractivity contribution in [3.63, 3.8) is 0 Å². The van der Waals surface area contributed by atoms with Gasteiger partial charge >= 0.3 is 0 Å². The Morgan fingerprint density at radius 2 is 1.84 bits per heavy atom. The van der Waals surface area contributed by atoms with E-state index in [4.69, 9.17) is 4.74 Å². The van der Waals surface area contributed by atoms with Gasteiger partial charge in [-0.15, -0.1) is 0 Å². The lowest BCUT2D eigenvalue weighted by atomic mass is 9.55. The topological polar surface area (TPSA) is 67.8 Å². The maximum Gasteiger partial charge on any atom is 0.276 e. The first-order chi connectivity index (χ1) is 15.3. The number of aryl methyl sites for hydroxylation is 2. The molecule has 5 rings (SSSR count). The van der Waals surface area contributed by atoms with Crippen molar-refractivity contribution in [3.8, 4) is 5.75 Å². The third-order valence-corrected chi connectivity index (χ3v) is 9.53. The zero-order valence-electron chi connectivity index (χ0n) is 19.1. The zero-order valence-corrected chi connectivity index (χ0v) is 19.9. The van der Waals surface area contributed by atoms with Gasteiger partial charge in [0.2, 0.25) is 0 Å². The summed E-state index contributed by atoms with van der Waals surface area (Å²) < 4.78 is 30.9. The van der Waals surface area contributed by atoms with Gasteiger partial charge in [-0.1, -0.05) is 30.7 Å². The van der Waals surface area contributed by atoms with Crippen LogP contribution < -0.4 is 9.57 Å². The van der Waals surface area contributed by atoms with Gasteiger partial charge in [-0.3, -0.25) is 0 Å². The maximum atomic E-state index is 12.8. The molecular weight excluding hydrogens is 420 g/mol. The van der Waals surface area contributed by atoms with Gasteiger partial charge in [0.25, 0.3) is 10.0 Å². The summed E-state index contributed by atoms with van der Waals surface area (Å²) in [6, 6.07) is 13.5. The van der Waals surface area contributed by atoms with Crippen molar-refractivity contribution in [2.24, 2.45) is 22.4 Å². The van der Waals surface area contributed by atoms with E-state index in [1.54, 1.807) is 19.2 Å². The molecule has 2 aromatic carbocycles. The number of nitrogens with zero attached hydrogens (tertiary/aromatic N) is 1. The van der Waals surface area contributed by atoms with Crippen molar-refractivity contribution >= 4 is 15.7 Å². The van der Waals surface area contributed by atoms with Gasteiger partial charge in [0.05, 0.1) is 12.0 Å². The highest BCUT2D eigenvalue weighted by molar-refractivity contribution is 7.89. The molecule has 0 unspecified atom stereocenters. The molecule has 2 saturated carbocycles. The molecule has 6 heteroatoms. The molecule has 2 fully saturated rings. The minimum atomic E-state index is -3.65. The van der Waals surface area contributed by atoms with Crippen LogP contribution in [0.5, 0.6) is 5.75 Å². The average Bonchev–Trinajstić information content (AvgIpc) is 3.13. The SMILES string of the molecule is COc1ccc2c(c1)CC[C@@H]1[C@@H]2CC[C@@]2(C)/C(=N\NS(=O)(=O)c3ccc(C)cc3)CC[C@H]12. The fourth-order valence-corrected chi connectivity index (χ4v) is 7.37. The number of hydrogen-bond donors (Lipinski definition) is 1. The molecule has 0 radical (unpaired) electrons. The van der Waals surface area contributed by atoms with Crippen LogP contribution in [-0.2, 0) is 16.4 Å². The molecule has 0 aromatic heterocycles. The van der Waals surface area contributed by atoms with Crippen LogP contribution in [0.15, 0.2) is 52.5 Å². The first kappa shape index (κ1) is 21.5. The van der Waals surface area contributed by atoms with Crippen LogP contribution in [0.3, 0.4) is 0 Å². The third kappa shape index (κ3) is 3.53. The molecular formula is C26H32N2O3S. The standard InChI is InChI=1S/C26H32N2O3S/c1-17-4-8-20(9-5-17)32(29,30)28-27-25-13-12-24-23-10-6-18-16-19(31-3)7-11-21(18)22(23)14-15-26(24,25)2/h4-5,7-9,11,16,22-24,28H,6,10,12-15H2,1-3H3/b27-25-/t22-,23-,24-,26-/m1/s1. The van der Waals surface area contributed by atoms with Crippen LogP contribution in [-0.4, -0.2) is 21.2 Å². The number of fused-ring (bicyclic) bond motifs is 5. The van der Waals surface area contributed by atoms with Gasteiger partial charge in [-0.05, 0) is 98.6 Å². The molecule has 0 heterocycles. The van der Waals surface area contributed by atoms with Gasteiger partial charge < -0.3 is 4.74 Å². The van der Waals surface area contributed by atoms with E-state index in [1.807, 2.05) is 19.1 Å². The Kier molecular flexibility index (Phi) is 5.31. The normalized spacial score (nSPS) is 30.3. The van der Waals surface area contributed by atoms with Crippen LogP contribution in [0, 0.1) is 24.2 Å². The highest BCUT2D eigenvalue weighted by Gasteiger charge is 2.53. The fourth-order valence-electron chi connectivity index (χ4n) is 6.54. The number of hydrogen-bond acceptors (Lipinski definition) is 4. The van der Waals surface area contributed by atoms with E-state index >= 15 is 0 Å². The first-order valence-corrected chi connectivity index (χ1v) is 13.1. The Labute approximate surface area is 191 Å². The van der Waals surface area contributed by atoms with E-state index in [0.717, 1.165) is 49.1 Å². The van der Waals surface area contributed by atoms with Crippen molar-refractivity contribution in [3.05, 3.63) is 59.2 Å². The Bertz CT molecular complexity index is 1160. The molecule has 4 atom stereocenters. The minimum Gasteiger partial charge on any atom is -0.497 e. The lowest BCUT2D eigenvalue weighted by Crippen LogP contribution is -2.43. The smallest absolute Gasteiger partial charge is 0.276 e. The van der Waals surface area contributed by atoms with E-state index in [9.17, 15) is 8.42 Å². The number of ether oxygens (including phenoxy) is 1. The molecule has 3 aliphatic carbocycles. The second-order valence-electron chi connectivity index (χ2n) is 9.94. The molecule has 0 saturated heterocycles. The maximum absolute atomic E-state index is 12.8. The Morgan fingerprint density at radius 1 is 1.06 bits per heavy atom. The molecule has 32 heavy (non-hydrogen) atoms. The summed E-state index contributed by atoms with van der Waals surface area (Å²) in [7, 11) is -1.92. The summed E-state index contributed by atoms with van der Waals surface area (Å²) in [5, 5.41) is 4.52. The molecule has 0 bridgehead atoms. The van der Waals surface area contributed by atoms with E-state index in [1.165, 1.54) is 17.5 Å². The van der Waals surface area contributed by atoms with Gasteiger partial charge in [-0.2, -0.15) is 13.5 Å². The molecule has 3 aliphatic rings. The summed E-state index contributed by atoms with van der Waals surface area (Å²) in [4.78, 5) is 2.80. The van der Waals surface area contributed by atoms with E-state index in [0.29, 0.717) is 17.8 Å². The lowest BCUT2D eigenvalue weighted by Gasteiger charge is -2.49. The monoisotopic (exact) mass is 452 g/mol. The zero-order chi connectivity index (χ0) is 22.5. The fraction of sp³-hybridized carbons (Fsp3) is 0.500. The highest BCUT2D eigenvalue weighted by Crippen LogP contribution is 2.59. The van der Waals surface area contributed by atoms with Gasteiger partial charge in [0.15, 0.2) is 0 Å². The first-order valence-electron chi connectivity index (χ1n) is 11.6. The molecule has 0 aliphatic heterocycles. The summed E-state index contributed by atoms with van der Waals surface area (Å²) in [5.41, 5.74) is 4.96. The van der Waals surface area contributed by atoms with Crippen molar-refractivity contribution in [1.29, 1.82) is 0 Å². The predicted octanol–water partition coefficient (Wildman–Crippen LogP) is 5.19. The van der Waals surface area contributed by atoms with Gasteiger partial charge in [0, 0.05) is 11.1 Å². The molecule has 170 valence electrons. The third-order valence-electron chi connectivity index (χ3n) is 8.31. The number of methoxy groups -OCH3 is 1. The molecule has 1 N–H and O–H groups in total. The summed E-state index contributed by atoms with van der Waals surface area (Å²) in [6.45, 7) is 4.25. The van der Waals surface area contributed by atoms with E-state index < -0.39 is 10.0 Å². The molecule has 2 aromatic rings. The predicted molar refractivity (Wildman–Crippen MR) is 127 cm³/mol. The average molecular weight is 453 g/mol. The number of rotatable bonds is 4. The number of benzene rings is 2. The van der Waals surface area contributed by atoms with Crippen LogP contribution in [0.25, 0.3) is 0 Å². The van der Waals surface area contributed by atoms with Crippen LogP contribution in [0.4, 0.5) is 0 Å². The van der Waals surface area contributed by atoms with Crippen LogP contribution >= 0.6 is 0 Å². The summed E-state index contributed by atoms with van der Waals surface area (Å²) in [6.07, 6.45) is 6.42. The summed E-state index contributed by atoms with van der Waals surface area (Å²) >= 11 is 0. The summed E-state index contributed by atoms with van der Waals surface area (Å²) in [5.74, 6) is 2.72. The van der Waals surface area contributed by atoms with E-state index in [2.05, 4.69) is 35.1 Å². The number of sulfonamides is 1. The number of hydrazone groups is 1. The Hall–Kier alpha value is -2.34. The van der Waals surface area contributed by atoms with Crippen molar-refractivity contribution in [1.82, 2.24) is 4.83 Å². The van der Waals surface area contributed by atoms with Crippen LogP contribution in [0.2, 0.25) is 0 Å². The second-order valence-corrected chi connectivity index (χ2v) is 11.6. The second kappa shape index (κ2) is 7.91. The highest BCUT2D eigenvalue weighted by atomic mass is 32.2. The number of nitrogens with one attached hydrogen (secondary N) is 1.